The fourth-order valence-corrected chi connectivity index (χ4v) is 2.66. The van der Waals surface area contributed by atoms with Crippen LogP contribution >= 0.6 is 23.2 Å². The second kappa shape index (κ2) is 6.20. The van der Waals surface area contributed by atoms with Crippen molar-refractivity contribution in [3.8, 4) is 5.75 Å². The van der Waals surface area contributed by atoms with E-state index in [-0.39, 0.29) is 5.75 Å². The molecule has 0 saturated carbocycles. The van der Waals surface area contributed by atoms with Crippen molar-refractivity contribution in [1.82, 2.24) is 0 Å². The zero-order valence-corrected chi connectivity index (χ0v) is 12.6. The summed E-state index contributed by atoms with van der Waals surface area (Å²) in [4.78, 5) is 9.00. The Labute approximate surface area is 131 Å². The summed E-state index contributed by atoms with van der Waals surface area (Å²) in [6.45, 7) is 1.08. The van der Waals surface area contributed by atoms with Gasteiger partial charge in [0.15, 0.2) is 0 Å². The van der Waals surface area contributed by atoms with Crippen molar-refractivity contribution in [3.63, 3.8) is 0 Å². The van der Waals surface area contributed by atoms with Crippen LogP contribution < -0.4 is 0 Å². The van der Waals surface area contributed by atoms with E-state index in [2.05, 4.69) is 0 Å². The van der Waals surface area contributed by atoms with E-state index in [0.29, 0.717) is 20.8 Å². The monoisotopic (exact) mass is 322 g/mol. The van der Waals surface area contributed by atoms with Crippen LogP contribution in [-0.2, 0) is 4.79 Å². The Balaban J connectivity index is 0.000000361. The zero-order valence-electron chi connectivity index (χ0n) is 11.1. The van der Waals surface area contributed by atoms with Gasteiger partial charge in [-0.25, -0.2) is 0 Å². The summed E-state index contributed by atoms with van der Waals surface area (Å²) in [5.41, 5.74) is 0. The predicted molar refractivity (Wildman–Crippen MR) is 86.4 cm³/mol. The standard InChI is InChI=1S/C14H8Cl2O.C2H4O2/c15-10-5-1-3-8-7-9-4-2-6-11(16)13(9)14(17)12(8)10;1-2(3)4/h1-7,17H;1H3,(H,3,4). The van der Waals surface area contributed by atoms with Gasteiger partial charge in [-0.2, -0.15) is 0 Å². The number of aliphatic carboxylic acids is 1. The summed E-state index contributed by atoms with van der Waals surface area (Å²) in [5.74, 6) is -0.686. The first-order valence-electron chi connectivity index (χ1n) is 6.09. The van der Waals surface area contributed by atoms with Crippen LogP contribution in [0.25, 0.3) is 21.5 Å². The number of fused-ring (bicyclic) bond motifs is 2. The van der Waals surface area contributed by atoms with Crippen molar-refractivity contribution in [2.75, 3.05) is 0 Å². The largest absolute Gasteiger partial charge is 0.507 e. The number of phenols is 1. The Morgan fingerprint density at radius 3 is 1.71 bits per heavy atom. The van der Waals surface area contributed by atoms with Crippen molar-refractivity contribution >= 4 is 50.7 Å². The molecule has 5 heteroatoms. The Bertz CT molecular complexity index is 764. The van der Waals surface area contributed by atoms with Gasteiger partial charge in [-0.05, 0) is 29.0 Å². The van der Waals surface area contributed by atoms with Gasteiger partial charge in [0.2, 0.25) is 0 Å². The summed E-state index contributed by atoms with van der Waals surface area (Å²) in [6.07, 6.45) is 0. The summed E-state index contributed by atoms with van der Waals surface area (Å²) in [7, 11) is 0. The third-order valence-electron chi connectivity index (χ3n) is 2.88. The van der Waals surface area contributed by atoms with Crippen LogP contribution in [0.5, 0.6) is 5.75 Å². The normalized spacial score (nSPS) is 10.2. The van der Waals surface area contributed by atoms with Gasteiger partial charge >= 0.3 is 0 Å². The lowest BCUT2D eigenvalue weighted by molar-refractivity contribution is -0.134. The van der Waals surface area contributed by atoms with Gasteiger partial charge in [-0.15, -0.1) is 0 Å². The van der Waals surface area contributed by atoms with Crippen molar-refractivity contribution in [3.05, 3.63) is 52.5 Å². The molecular weight excluding hydrogens is 311 g/mol. The summed E-state index contributed by atoms with van der Waals surface area (Å²) in [6, 6.07) is 13.0. The lowest BCUT2D eigenvalue weighted by Crippen LogP contribution is -1.81. The van der Waals surface area contributed by atoms with Crippen molar-refractivity contribution in [1.29, 1.82) is 0 Å². The predicted octanol–water partition coefficient (Wildman–Crippen LogP) is 5.10. The Hall–Kier alpha value is -1.97. The van der Waals surface area contributed by atoms with E-state index in [4.69, 9.17) is 33.1 Å². The first-order chi connectivity index (χ1) is 9.91. The highest BCUT2D eigenvalue weighted by Gasteiger charge is 2.11. The van der Waals surface area contributed by atoms with Gasteiger partial charge in [-0.1, -0.05) is 47.5 Å². The van der Waals surface area contributed by atoms with Gasteiger partial charge in [0, 0.05) is 17.7 Å². The molecule has 0 saturated heterocycles. The highest BCUT2D eigenvalue weighted by Crippen LogP contribution is 2.40. The first-order valence-corrected chi connectivity index (χ1v) is 6.85. The Morgan fingerprint density at radius 1 is 0.952 bits per heavy atom. The summed E-state index contributed by atoms with van der Waals surface area (Å²) < 4.78 is 0. The van der Waals surface area contributed by atoms with Gasteiger partial charge in [-0.3, -0.25) is 4.79 Å². The molecule has 0 heterocycles. The number of phenolic OH excluding ortho intramolecular Hbond substituents is 1. The maximum Gasteiger partial charge on any atom is 0.300 e. The fourth-order valence-electron chi connectivity index (χ4n) is 2.11. The number of carboxylic acid groups (broad SMARTS) is 1. The topological polar surface area (TPSA) is 57.5 Å². The Morgan fingerprint density at radius 2 is 1.33 bits per heavy atom. The molecule has 0 aliphatic heterocycles. The van der Waals surface area contributed by atoms with Gasteiger partial charge in [0.05, 0.1) is 10.0 Å². The van der Waals surface area contributed by atoms with Gasteiger partial charge in [0.25, 0.3) is 5.97 Å². The number of rotatable bonds is 0. The minimum absolute atomic E-state index is 0.147. The molecule has 0 spiro atoms. The van der Waals surface area contributed by atoms with Crippen LogP contribution in [0.1, 0.15) is 6.92 Å². The first kappa shape index (κ1) is 15.4. The lowest BCUT2D eigenvalue weighted by Gasteiger charge is -2.08. The molecule has 21 heavy (non-hydrogen) atoms. The number of carboxylic acids is 1. The van der Waals surface area contributed by atoms with E-state index in [1.807, 2.05) is 30.3 Å². The molecule has 0 aromatic heterocycles. The molecule has 3 aromatic rings. The van der Waals surface area contributed by atoms with E-state index in [1.165, 1.54) is 0 Å². The summed E-state index contributed by atoms with van der Waals surface area (Å²) >= 11 is 12.2. The molecule has 3 aromatic carbocycles. The van der Waals surface area contributed by atoms with Gasteiger partial charge in [0.1, 0.15) is 5.75 Å². The highest BCUT2D eigenvalue weighted by molar-refractivity contribution is 6.39. The molecule has 0 fully saturated rings. The second-order valence-corrected chi connectivity index (χ2v) is 5.23. The van der Waals surface area contributed by atoms with E-state index in [1.54, 1.807) is 12.1 Å². The zero-order chi connectivity index (χ0) is 15.6. The second-order valence-electron chi connectivity index (χ2n) is 4.42. The molecule has 0 aliphatic carbocycles. The number of hydrogen-bond acceptors (Lipinski definition) is 2. The van der Waals surface area contributed by atoms with Crippen LogP contribution in [0, 0.1) is 0 Å². The van der Waals surface area contributed by atoms with Crippen LogP contribution in [0.15, 0.2) is 42.5 Å². The van der Waals surface area contributed by atoms with E-state index in [9.17, 15) is 5.11 Å². The lowest BCUT2D eigenvalue weighted by atomic mass is 10.0. The quantitative estimate of drug-likeness (QED) is 0.566. The van der Waals surface area contributed by atoms with Crippen molar-refractivity contribution in [2.24, 2.45) is 0 Å². The van der Waals surface area contributed by atoms with E-state index < -0.39 is 5.97 Å². The van der Waals surface area contributed by atoms with E-state index >= 15 is 0 Å². The van der Waals surface area contributed by atoms with Gasteiger partial charge < -0.3 is 10.2 Å². The SMILES string of the molecule is CC(=O)O.Oc1c2c(Cl)cccc2cc2cccc(Cl)c12. The maximum absolute atomic E-state index is 10.3. The third kappa shape index (κ3) is 3.20. The summed E-state index contributed by atoms with van der Waals surface area (Å²) in [5, 5.41) is 21.9. The average molecular weight is 323 g/mol. The maximum atomic E-state index is 10.3. The smallest absolute Gasteiger partial charge is 0.300 e. The number of aromatic hydroxyl groups is 1. The number of hydrogen-bond donors (Lipinski definition) is 2. The molecule has 108 valence electrons. The van der Waals surface area contributed by atoms with Crippen LogP contribution in [0.4, 0.5) is 0 Å². The molecule has 0 radical (unpaired) electrons. The van der Waals surface area contributed by atoms with Crippen LogP contribution in [0.3, 0.4) is 0 Å². The van der Waals surface area contributed by atoms with Crippen LogP contribution in [-0.4, -0.2) is 16.2 Å². The third-order valence-corrected chi connectivity index (χ3v) is 3.51. The van der Waals surface area contributed by atoms with Crippen LogP contribution in [0.2, 0.25) is 10.0 Å². The van der Waals surface area contributed by atoms with Crippen molar-refractivity contribution < 1.29 is 15.0 Å². The number of halogens is 2. The number of benzene rings is 3. The molecule has 3 rings (SSSR count). The van der Waals surface area contributed by atoms with E-state index in [0.717, 1.165) is 17.7 Å². The number of carbonyl (C=O) groups is 1. The molecule has 0 atom stereocenters. The molecule has 3 nitrogen and oxygen atoms in total. The Kier molecular flexibility index (Phi) is 4.56. The molecule has 0 bridgehead atoms. The molecule has 2 N–H and O–H groups in total. The average Bonchev–Trinajstić information content (AvgIpc) is 2.37. The minimum Gasteiger partial charge on any atom is -0.507 e. The molecular formula is C16H12Cl2O3. The molecule has 0 aliphatic rings. The van der Waals surface area contributed by atoms with Crippen molar-refractivity contribution in [2.45, 2.75) is 6.92 Å². The molecule has 0 amide bonds. The minimum atomic E-state index is -0.833. The molecule has 0 unspecified atom stereocenters. The highest BCUT2D eigenvalue weighted by atomic mass is 35.5. The fraction of sp³-hybridized carbons (Fsp3) is 0.0625.